The van der Waals surface area contributed by atoms with Gasteiger partial charge in [-0.1, -0.05) is 32.3 Å². The van der Waals surface area contributed by atoms with Crippen LogP contribution in [0.15, 0.2) is 18.3 Å². The van der Waals surface area contributed by atoms with Crippen molar-refractivity contribution >= 4 is 5.91 Å². The normalized spacial score (nSPS) is 29.6. The molecular weight excluding hydrogens is 353 g/mol. The van der Waals surface area contributed by atoms with Gasteiger partial charge in [0.1, 0.15) is 0 Å². The van der Waals surface area contributed by atoms with Crippen LogP contribution < -0.4 is 5.32 Å². The van der Waals surface area contributed by atoms with Crippen molar-refractivity contribution in [3.05, 3.63) is 29.8 Å². The van der Waals surface area contributed by atoms with Crippen LogP contribution in [-0.2, 0) is 4.79 Å². The Balaban J connectivity index is 1.42. The topological polar surface area (TPSA) is 45.2 Å². The zero-order valence-corrected chi connectivity index (χ0v) is 17.1. The summed E-state index contributed by atoms with van der Waals surface area (Å²) in [4.78, 5) is 19.4. The van der Waals surface area contributed by atoms with Gasteiger partial charge < -0.3 is 5.32 Å². The number of rotatable bonds is 6. The molecule has 0 spiro atoms. The Labute approximate surface area is 168 Å². The number of halogens is 1. The van der Waals surface area contributed by atoms with E-state index >= 15 is 0 Å². The average molecular weight is 388 g/mol. The summed E-state index contributed by atoms with van der Waals surface area (Å²) in [7, 11) is 0. The summed E-state index contributed by atoms with van der Waals surface area (Å²) < 4.78 is 13.3. The zero-order chi connectivity index (χ0) is 19.5. The second-order valence-electron chi connectivity index (χ2n) is 9.30. The molecule has 2 bridgehead atoms. The number of aromatic nitrogens is 1. The van der Waals surface area contributed by atoms with E-state index in [1.807, 2.05) is 0 Å². The van der Waals surface area contributed by atoms with E-state index < -0.39 is 5.95 Å². The Bertz CT molecular complexity index is 644. The van der Waals surface area contributed by atoms with Gasteiger partial charge in [0.25, 0.3) is 0 Å². The standard InChI is InChI=1S/C23H34FN3O/c1-16-13-19-8-9-20(14-16)27(19)12-11-21(18-7-10-22(24)25-15-18)26-23(28)17-5-3-2-4-6-17/h7,10,15-17,19-21H,2-6,8-9,11-14H2,1H3,(H,26,28)/t16?,19?,20?,21-/m0/s1. The molecule has 4 nitrogen and oxygen atoms in total. The van der Waals surface area contributed by atoms with Gasteiger partial charge in [0.2, 0.25) is 11.9 Å². The molecule has 1 aliphatic carbocycles. The minimum atomic E-state index is -0.468. The largest absolute Gasteiger partial charge is 0.349 e. The molecule has 5 heteroatoms. The van der Waals surface area contributed by atoms with E-state index in [0.717, 1.165) is 50.1 Å². The van der Waals surface area contributed by atoms with Crippen molar-refractivity contribution in [2.24, 2.45) is 11.8 Å². The molecule has 1 aromatic heterocycles. The fourth-order valence-corrected chi connectivity index (χ4v) is 5.76. The van der Waals surface area contributed by atoms with Crippen LogP contribution in [0.5, 0.6) is 0 Å². The summed E-state index contributed by atoms with van der Waals surface area (Å²) in [5.74, 6) is 0.668. The highest BCUT2D eigenvalue weighted by molar-refractivity contribution is 5.79. The number of fused-ring (bicyclic) bond motifs is 2. The van der Waals surface area contributed by atoms with Gasteiger partial charge in [0.05, 0.1) is 6.04 Å². The minimum absolute atomic E-state index is 0.0822. The minimum Gasteiger partial charge on any atom is -0.349 e. The molecule has 1 saturated carbocycles. The molecule has 1 N–H and O–H groups in total. The highest BCUT2D eigenvalue weighted by Gasteiger charge is 2.39. The second-order valence-corrected chi connectivity index (χ2v) is 9.30. The Morgan fingerprint density at radius 3 is 2.54 bits per heavy atom. The Hall–Kier alpha value is -1.49. The molecular formula is C23H34FN3O. The van der Waals surface area contributed by atoms with Gasteiger partial charge in [-0.2, -0.15) is 4.39 Å². The average Bonchev–Trinajstić information content (AvgIpc) is 2.95. The smallest absolute Gasteiger partial charge is 0.223 e. The first-order valence-electron chi connectivity index (χ1n) is 11.3. The number of hydrogen-bond acceptors (Lipinski definition) is 3. The SMILES string of the molecule is CC1CC2CCC(C1)N2CC[C@H](NC(=O)C1CCCCC1)c1ccc(F)nc1. The molecule has 1 amide bonds. The highest BCUT2D eigenvalue weighted by Crippen LogP contribution is 2.39. The molecule has 1 aromatic rings. The number of nitrogens with zero attached hydrogens (tertiary/aromatic N) is 2. The van der Waals surface area contributed by atoms with Gasteiger partial charge in [0.15, 0.2) is 0 Å². The third-order valence-electron chi connectivity index (χ3n) is 7.24. The van der Waals surface area contributed by atoms with Gasteiger partial charge >= 0.3 is 0 Å². The Kier molecular flexibility index (Phi) is 6.29. The van der Waals surface area contributed by atoms with Gasteiger partial charge in [-0.15, -0.1) is 0 Å². The van der Waals surface area contributed by atoms with Gasteiger partial charge in [-0.05, 0) is 62.5 Å². The molecule has 154 valence electrons. The number of carbonyl (C=O) groups excluding carboxylic acids is 1. The maximum Gasteiger partial charge on any atom is 0.223 e. The maximum atomic E-state index is 13.3. The van der Waals surface area contributed by atoms with Crippen LogP contribution in [0.25, 0.3) is 0 Å². The lowest BCUT2D eigenvalue weighted by molar-refractivity contribution is -0.126. The monoisotopic (exact) mass is 387 g/mol. The van der Waals surface area contributed by atoms with Crippen molar-refractivity contribution in [1.82, 2.24) is 15.2 Å². The molecule has 2 aliphatic heterocycles. The summed E-state index contributed by atoms with van der Waals surface area (Å²) in [6.45, 7) is 3.37. The van der Waals surface area contributed by atoms with Gasteiger partial charge in [0, 0.05) is 30.7 Å². The van der Waals surface area contributed by atoms with E-state index in [1.165, 1.54) is 38.2 Å². The van der Waals surface area contributed by atoms with Gasteiger partial charge in [-0.3, -0.25) is 9.69 Å². The highest BCUT2D eigenvalue weighted by atomic mass is 19.1. The molecule has 0 aromatic carbocycles. The number of nitrogens with one attached hydrogen (secondary N) is 1. The quantitative estimate of drug-likeness (QED) is 0.725. The predicted octanol–water partition coefficient (Wildman–Crippen LogP) is 4.61. The van der Waals surface area contributed by atoms with Crippen molar-refractivity contribution < 1.29 is 9.18 Å². The van der Waals surface area contributed by atoms with Crippen LogP contribution in [0.4, 0.5) is 4.39 Å². The lowest BCUT2D eigenvalue weighted by Crippen LogP contribution is -2.44. The fraction of sp³-hybridized carbons (Fsp3) is 0.739. The number of piperidine rings is 1. The number of carbonyl (C=O) groups is 1. The maximum absolute atomic E-state index is 13.3. The van der Waals surface area contributed by atoms with Crippen molar-refractivity contribution in [3.8, 4) is 0 Å². The summed E-state index contributed by atoms with van der Waals surface area (Å²) in [6, 6.07) is 4.51. The van der Waals surface area contributed by atoms with E-state index in [4.69, 9.17) is 0 Å². The Morgan fingerprint density at radius 1 is 1.18 bits per heavy atom. The van der Waals surface area contributed by atoms with Gasteiger partial charge in [-0.25, -0.2) is 4.98 Å². The van der Waals surface area contributed by atoms with Crippen LogP contribution in [0.3, 0.4) is 0 Å². The number of amides is 1. The van der Waals surface area contributed by atoms with Crippen LogP contribution in [0, 0.1) is 17.8 Å². The van der Waals surface area contributed by atoms with Crippen molar-refractivity contribution in [2.45, 2.75) is 89.3 Å². The third-order valence-corrected chi connectivity index (χ3v) is 7.24. The Morgan fingerprint density at radius 2 is 1.89 bits per heavy atom. The number of hydrogen-bond donors (Lipinski definition) is 1. The predicted molar refractivity (Wildman–Crippen MR) is 108 cm³/mol. The third kappa shape index (κ3) is 4.56. The van der Waals surface area contributed by atoms with Crippen LogP contribution >= 0.6 is 0 Å². The molecule has 3 fully saturated rings. The first-order valence-corrected chi connectivity index (χ1v) is 11.3. The van der Waals surface area contributed by atoms with E-state index in [-0.39, 0.29) is 17.9 Å². The van der Waals surface area contributed by atoms with E-state index in [2.05, 4.69) is 22.1 Å². The molecule has 2 saturated heterocycles. The summed E-state index contributed by atoms with van der Waals surface area (Å²) in [6.07, 6.45) is 13.2. The summed E-state index contributed by atoms with van der Waals surface area (Å²) in [5.41, 5.74) is 0.920. The van der Waals surface area contributed by atoms with Crippen LogP contribution in [-0.4, -0.2) is 34.4 Å². The molecule has 3 heterocycles. The zero-order valence-electron chi connectivity index (χ0n) is 17.1. The van der Waals surface area contributed by atoms with Crippen molar-refractivity contribution in [2.75, 3.05) is 6.54 Å². The van der Waals surface area contributed by atoms with E-state index in [1.54, 1.807) is 12.3 Å². The molecule has 0 radical (unpaired) electrons. The van der Waals surface area contributed by atoms with Crippen molar-refractivity contribution in [3.63, 3.8) is 0 Å². The lowest BCUT2D eigenvalue weighted by Gasteiger charge is -2.38. The number of pyridine rings is 1. The molecule has 3 atom stereocenters. The summed E-state index contributed by atoms with van der Waals surface area (Å²) >= 11 is 0. The van der Waals surface area contributed by atoms with E-state index in [9.17, 15) is 9.18 Å². The molecule has 4 rings (SSSR count). The lowest BCUT2D eigenvalue weighted by atomic mass is 9.88. The van der Waals surface area contributed by atoms with Crippen molar-refractivity contribution in [1.29, 1.82) is 0 Å². The van der Waals surface area contributed by atoms with Crippen LogP contribution in [0.2, 0.25) is 0 Å². The summed E-state index contributed by atoms with van der Waals surface area (Å²) in [5, 5.41) is 3.29. The van der Waals surface area contributed by atoms with Crippen LogP contribution in [0.1, 0.15) is 82.7 Å². The van der Waals surface area contributed by atoms with E-state index in [0.29, 0.717) is 12.1 Å². The first kappa shape index (κ1) is 19.8. The molecule has 2 unspecified atom stereocenters. The molecule has 28 heavy (non-hydrogen) atoms. The second kappa shape index (κ2) is 8.89. The fourth-order valence-electron chi connectivity index (χ4n) is 5.76. The first-order chi connectivity index (χ1) is 13.6. The molecule has 3 aliphatic rings.